The van der Waals surface area contributed by atoms with Crippen molar-refractivity contribution in [2.75, 3.05) is 34.0 Å². The first-order chi connectivity index (χ1) is 19.9. The quantitative estimate of drug-likeness (QED) is 0.237. The second kappa shape index (κ2) is 13.4. The molecule has 1 atom stereocenters. The lowest BCUT2D eigenvalue weighted by Crippen LogP contribution is -2.39. The first-order valence-electron chi connectivity index (χ1n) is 13.3. The molecular formula is C31H34N2O7S. The van der Waals surface area contributed by atoms with Crippen LogP contribution < -0.4 is 33.8 Å². The van der Waals surface area contributed by atoms with E-state index in [-0.39, 0.29) is 11.1 Å². The first kappa shape index (κ1) is 29.7. The smallest absolute Gasteiger partial charge is 0.337 e. The van der Waals surface area contributed by atoms with E-state index in [0.29, 0.717) is 64.1 Å². The zero-order chi connectivity index (χ0) is 29.5. The van der Waals surface area contributed by atoms with Crippen LogP contribution in [0.15, 0.2) is 64.5 Å². The van der Waals surface area contributed by atoms with E-state index in [4.69, 9.17) is 23.7 Å². The average molecular weight is 579 g/mol. The SMILES string of the molecule is C=CCc1cc(/C=c2\sc3n(c2=O)[C@H](c2ccc(OCC)c(OCC)c2)C(C(=O)OC)=CN=3)cc(OC)c1OCC. The molecule has 0 radical (unpaired) electrons. The third-order valence-electron chi connectivity index (χ3n) is 6.33. The van der Waals surface area contributed by atoms with Gasteiger partial charge in [-0.2, -0.15) is 0 Å². The minimum atomic E-state index is -0.776. The molecule has 2 heterocycles. The molecule has 0 bridgehead atoms. The number of thiazole rings is 1. The minimum Gasteiger partial charge on any atom is -0.493 e. The van der Waals surface area contributed by atoms with Crippen molar-refractivity contribution in [2.24, 2.45) is 4.99 Å². The Balaban J connectivity index is 1.91. The summed E-state index contributed by atoms with van der Waals surface area (Å²) in [7, 11) is 2.88. The van der Waals surface area contributed by atoms with Crippen molar-refractivity contribution in [3.05, 3.63) is 91.1 Å². The molecule has 0 amide bonds. The number of carbonyl (C=O) groups excluding carboxylic acids is 1. The van der Waals surface area contributed by atoms with Gasteiger partial charge in [-0.25, -0.2) is 9.79 Å². The van der Waals surface area contributed by atoms with E-state index in [1.165, 1.54) is 29.2 Å². The van der Waals surface area contributed by atoms with E-state index in [9.17, 15) is 9.59 Å². The summed E-state index contributed by atoms with van der Waals surface area (Å²) in [6.45, 7) is 10.9. The molecule has 1 aliphatic rings. The van der Waals surface area contributed by atoms with E-state index in [0.717, 1.165) is 11.1 Å². The number of carbonyl (C=O) groups is 1. The molecule has 0 spiro atoms. The summed E-state index contributed by atoms with van der Waals surface area (Å²) in [6, 6.07) is 8.39. The molecule has 2 aromatic carbocycles. The number of allylic oxidation sites excluding steroid dienone is 1. The Bertz CT molecular complexity index is 1650. The Kier molecular flexibility index (Phi) is 9.67. The van der Waals surface area contributed by atoms with E-state index in [1.807, 2.05) is 39.0 Å². The molecule has 0 fully saturated rings. The van der Waals surface area contributed by atoms with Gasteiger partial charge in [0.05, 0.1) is 50.2 Å². The summed E-state index contributed by atoms with van der Waals surface area (Å²) >= 11 is 1.23. The lowest BCUT2D eigenvalue weighted by atomic mass is 9.97. The Morgan fingerprint density at radius 1 is 1.02 bits per heavy atom. The molecule has 0 aliphatic carbocycles. The minimum absolute atomic E-state index is 0.231. The van der Waals surface area contributed by atoms with Crippen LogP contribution in [0.5, 0.6) is 23.0 Å². The molecule has 0 unspecified atom stereocenters. The van der Waals surface area contributed by atoms with Gasteiger partial charge in [0.1, 0.15) is 0 Å². The van der Waals surface area contributed by atoms with Gasteiger partial charge in [0.25, 0.3) is 5.56 Å². The monoisotopic (exact) mass is 578 g/mol. The van der Waals surface area contributed by atoms with Gasteiger partial charge in [0.2, 0.25) is 0 Å². The molecule has 0 N–H and O–H groups in total. The Morgan fingerprint density at radius 3 is 2.41 bits per heavy atom. The van der Waals surface area contributed by atoms with Gasteiger partial charge in [-0.15, -0.1) is 6.58 Å². The zero-order valence-corrected chi connectivity index (χ0v) is 24.7. The molecule has 9 nitrogen and oxygen atoms in total. The number of aromatic nitrogens is 1. The molecular weight excluding hydrogens is 544 g/mol. The summed E-state index contributed by atoms with van der Waals surface area (Å²) in [5, 5.41) is 0. The second-order valence-electron chi connectivity index (χ2n) is 8.89. The lowest BCUT2D eigenvalue weighted by molar-refractivity contribution is -0.136. The molecule has 0 saturated heterocycles. The number of benzene rings is 2. The fourth-order valence-electron chi connectivity index (χ4n) is 4.67. The van der Waals surface area contributed by atoms with Gasteiger partial charge < -0.3 is 23.7 Å². The number of fused-ring (bicyclic) bond motifs is 1. The summed E-state index contributed by atoms with van der Waals surface area (Å²) in [5.74, 6) is 1.73. The van der Waals surface area contributed by atoms with Gasteiger partial charge in [0, 0.05) is 11.8 Å². The van der Waals surface area contributed by atoms with Crippen LogP contribution in [0.1, 0.15) is 43.5 Å². The van der Waals surface area contributed by atoms with Crippen molar-refractivity contribution in [2.45, 2.75) is 33.2 Å². The van der Waals surface area contributed by atoms with Gasteiger partial charge in [-0.3, -0.25) is 9.36 Å². The van der Waals surface area contributed by atoms with Crippen LogP contribution in [0.2, 0.25) is 0 Å². The standard InChI is InChI=1S/C31H34N2O7S/c1-7-11-21-14-19(15-25(36-5)28(21)40-10-4)16-26-29(34)33-27(22(30(35)37-6)18-32-31(33)41-26)20-12-13-23(38-8-2)24(17-20)39-9-3/h7,12-18,27H,1,8-11H2,2-6H3/b26-16-/t27-/m1/s1. The topological polar surface area (TPSA) is 97.6 Å². The average Bonchev–Trinajstić information content (AvgIpc) is 3.29. The number of rotatable bonds is 12. The fourth-order valence-corrected chi connectivity index (χ4v) is 5.64. The van der Waals surface area contributed by atoms with Crippen molar-refractivity contribution in [3.63, 3.8) is 0 Å². The predicted octanol–water partition coefficient (Wildman–Crippen LogP) is 3.95. The van der Waals surface area contributed by atoms with E-state index < -0.39 is 12.0 Å². The molecule has 1 aromatic heterocycles. The second-order valence-corrected chi connectivity index (χ2v) is 9.89. The largest absolute Gasteiger partial charge is 0.493 e. The van der Waals surface area contributed by atoms with Gasteiger partial charge >= 0.3 is 5.97 Å². The van der Waals surface area contributed by atoms with Gasteiger partial charge in [-0.05, 0) is 68.7 Å². The number of methoxy groups -OCH3 is 2. The van der Waals surface area contributed by atoms with Crippen LogP contribution in [0, 0.1) is 0 Å². The molecule has 3 aromatic rings. The number of nitrogens with zero attached hydrogens (tertiary/aromatic N) is 2. The Hall–Kier alpha value is -4.31. The van der Waals surface area contributed by atoms with Crippen molar-refractivity contribution in [3.8, 4) is 23.0 Å². The number of hydrogen-bond acceptors (Lipinski definition) is 9. The van der Waals surface area contributed by atoms with Crippen LogP contribution in [-0.2, 0) is 16.0 Å². The fraction of sp³-hybridized carbons (Fsp3) is 0.323. The summed E-state index contributed by atoms with van der Waals surface area (Å²) in [4.78, 5) is 31.7. The maximum absolute atomic E-state index is 13.9. The van der Waals surface area contributed by atoms with Crippen LogP contribution in [0.25, 0.3) is 6.08 Å². The highest BCUT2D eigenvalue weighted by Crippen LogP contribution is 2.36. The summed E-state index contributed by atoms with van der Waals surface area (Å²) in [5.41, 5.74) is 2.25. The molecule has 216 valence electrons. The molecule has 41 heavy (non-hydrogen) atoms. The normalized spacial score (nSPS) is 14.4. The lowest BCUT2D eigenvalue weighted by Gasteiger charge is -2.23. The number of ether oxygens (including phenoxy) is 5. The molecule has 4 rings (SSSR count). The van der Waals surface area contributed by atoms with Crippen molar-refractivity contribution >= 4 is 23.4 Å². The predicted molar refractivity (Wildman–Crippen MR) is 158 cm³/mol. The molecule has 0 saturated carbocycles. The van der Waals surface area contributed by atoms with Gasteiger partial charge in [0.15, 0.2) is 27.8 Å². The van der Waals surface area contributed by atoms with E-state index in [2.05, 4.69) is 11.6 Å². The Labute approximate surface area is 242 Å². The highest BCUT2D eigenvalue weighted by molar-refractivity contribution is 7.07. The highest BCUT2D eigenvalue weighted by atomic mass is 32.1. The van der Waals surface area contributed by atoms with Crippen LogP contribution >= 0.6 is 11.3 Å². The highest BCUT2D eigenvalue weighted by Gasteiger charge is 2.31. The van der Waals surface area contributed by atoms with Crippen LogP contribution in [0.4, 0.5) is 0 Å². The van der Waals surface area contributed by atoms with E-state index in [1.54, 1.807) is 31.4 Å². The van der Waals surface area contributed by atoms with Crippen molar-refractivity contribution in [1.29, 1.82) is 0 Å². The van der Waals surface area contributed by atoms with Crippen molar-refractivity contribution < 1.29 is 28.5 Å². The maximum atomic E-state index is 13.9. The Morgan fingerprint density at radius 2 is 1.76 bits per heavy atom. The van der Waals surface area contributed by atoms with Crippen LogP contribution in [-0.4, -0.2) is 44.6 Å². The van der Waals surface area contributed by atoms with E-state index >= 15 is 0 Å². The maximum Gasteiger partial charge on any atom is 0.337 e. The summed E-state index contributed by atoms with van der Waals surface area (Å²) < 4.78 is 30.0. The number of esters is 1. The third kappa shape index (κ3) is 6.07. The summed E-state index contributed by atoms with van der Waals surface area (Å²) in [6.07, 6.45) is 5.61. The number of hydrogen-bond donors (Lipinski definition) is 0. The zero-order valence-electron chi connectivity index (χ0n) is 23.9. The molecule has 10 heteroatoms. The van der Waals surface area contributed by atoms with Crippen molar-refractivity contribution in [1.82, 2.24) is 4.57 Å². The third-order valence-corrected chi connectivity index (χ3v) is 7.33. The van der Waals surface area contributed by atoms with Crippen LogP contribution in [0.3, 0.4) is 0 Å². The van der Waals surface area contributed by atoms with Gasteiger partial charge in [-0.1, -0.05) is 23.5 Å². The first-order valence-corrected chi connectivity index (χ1v) is 14.2. The molecule has 1 aliphatic heterocycles.